The van der Waals surface area contributed by atoms with E-state index in [2.05, 4.69) is 17.6 Å². The first-order chi connectivity index (χ1) is 8.15. The molecule has 0 spiro atoms. The van der Waals surface area contributed by atoms with Gasteiger partial charge in [-0.1, -0.05) is 30.7 Å². The van der Waals surface area contributed by atoms with Gasteiger partial charge in [-0.3, -0.25) is 4.79 Å². The van der Waals surface area contributed by atoms with Gasteiger partial charge in [-0.15, -0.1) is 0 Å². The molecule has 3 nitrogen and oxygen atoms in total. The maximum Gasteiger partial charge on any atom is 0.237 e. The largest absolute Gasteiger partial charge is 0.351 e. The SMILES string of the molecule is C[C@H]1CN[C@H](C(=O)NCc2ccc(Cl)cc2)C1. The van der Waals surface area contributed by atoms with Crippen LogP contribution < -0.4 is 10.6 Å². The average molecular weight is 253 g/mol. The number of halogens is 1. The summed E-state index contributed by atoms with van der Waals surface area (Å²) in [4.78, 5) is 11.8. The van der Waals surface area contributed by atoms with Crippen LogP contribution in [0.25, 0.3) is 0 Å². The molecule has 1 aliphatic heterocycles. The molecule has 0 radical (unpaired) electrons. The van der Waals surface area contributed by atoms with E-state index in [-0.39, 0.29) is 11.9 Å². The Morgan fingerprint density at radius 2 is 2.18 bits per heavy atom. The number of hydrogen-bond acceptors (Lipinski definition) is 2. The van der Waals surface area contributed by atoms with Gasteiger partial charge >= 0.3 is 0 Å². The molecule has 1 aromatic rings. The van der Waals surface area contributed by atoms with Crippen molar-refractivity contribution in [2.75, 3.05) is 6.54 Å². The second-order valence-corrected chi connectivity index (χ2v) is 5.08. The number of amides is 1. The summed E-state index contributed by atoms with van der Waals surface area (Å²) in [6.07, 6.45) is 0.923. The normalized spacial score (nSPS) is 23.6. The van der Waals surface area contributed by atoms with Gasteiger partial charge in [0.2, 0.25) is 5.91 Å². The molecule has 17 heavy (non-hydrogen) atoms. The Bertz CT molecular complexity index is 391. The Hall–Kier alpha value is -1.06. The Kier molecular flexibility index (Phi) is 4.02. The first kappa shape index (κ1) is 12.4. The van der Waals surface area contributed by atoms with Gasteiger partial charge < -0.3 is 10.6 Å². The predicted octanol–water partition coefficient (Wildman–Crippen LogP) is 1.95. The molecule has 1 heterocycles. The van der Waals surface area contributed by atoms with Crippen LogP contribution in [0.5, 0.6) is 0 Å². The van der Waals surface area contributed by atoms with E-state index in [0.29, 0.717) is 17.5 Å². The highest BCUT2D eigenvalue weighted by Gasteiger charge is 2.26. The Morgan fingerprint density at radius 3 is 2.76 bits per heavy atom. The summed E-state index contributed by atoms with van der Waals surface area (Å²) in [6.45, 7) is 3.64. The molecule has 1 aliphatic rings. The lowest BCUT2D eigenvalue weighted by molar-refractivity contribution is -0.123. The summed E-state index contributed by atoms with van der Waals surface area (Å²) in [5.74, 6) is 0.672. The van der Waals surface area contributed by atoms with E-state index in [1.54, 1.807) is 0 Å². The van der Waals surface area contributed by atoms with Gasteiger partial charge in [0.15, 0.2) is 0 Å². The standard InChI is InChI=1S/C13H17ClN2O/c1-9-6-12(15-7-9)13(17)16-8-10-2-4-11(14)5-3-10/h2-5,9,12,15H,6-8H2,1H3,(H,16,17)/t9-,12+/m1/s1. The topological polar surface area (TPSA) is 41.1 Å². The minimum atomic E-state index is -0.0303. The average Bonchev–Trinajstić information content (AvgIpc) is 2.75. The lowest BCUT2D eigenvalue weighted by Gasteiger charge is -2.11. The van der Waals surface area contributed by atoms with Crippen LogP contribution in [0.3, 0.4) is 0 Å². The zero-order chi connectivity index (χ0) is 12.3. The quantitative estimate of drug-likeness (QED) is 0.864. The zero-order valence-corrected chi connectivity index (χ0v) is 10.6. The van der Waals surface area contributed by atoms with Crippen molar-refractivity contribution < 1.29 is 4.79 Å². The van der Waals surface area contributed by atoms with Gasteiger partial charge in [0.1, 0.15) is 0 Å². The van der Waals surface area contributed by atoms with Crippen LogP contribution >= 0.6 is 11.6 Å². The second kappa shape index (κ2) is 5.52. The molecule has 1 fully saturated rings. The van der Waals surface area contributed by atoms with Crippen LogP contribution in [-0.2, 0) is 11.3 Å². The lowest BCUT2D eigenvalue weighted by Crippen LogP contribution is -2.39. The van der Waals surface area contributed by atoms with Crippen molar-refractivity contribution in [1.29, 1.82) is 0 Å². The summed E-state index contributed by atoms with van der Waals surface area (Å²) in [7, 11) is 0. The van der Waals surface area contributed by atoms with Crippen molar-refractivity contribution in [3.63, 3.8) is 0 Å². The summed E-state index contributed by atoms with van der Waals surface area (Å²) in [5.41, 5.74) is 1.06. The first-order valence-electron chi connectivity index (χ1n) is 5.90. The van der Waals surface area contributed by atoms with E-state index in [1.807, 2.05) is 24.3 Å². The van der Waals surface area contributed by atoms with Gasteiger partial charge in [0.05, 0.1) is 6.04 Å². The number of hydrogen-bond donors (Lipinski definition) is 2. The number of carbonyl (C=O) groups excluding carboxylic acids is 1. The number of benzene rings is 1. The van der Waals surface area contributed by atoms with E-state index in [4.69, 9.17) is 11.6 Å². The third kappa shape index (κ3) is 3.45. The fourth-order valence-electron chi connectivity index (χ4n) is 2.03. The molecule has 0 saturated carbocycles. The molecule has 0 aliphatic carbocycles. The molecule has 1 aromatic carbocycles. The highest BCUT2D eigenvalue weighted by molar-refractivity contribution is 6.30. The summed E-state index contributed by atoms with van der Waals surface area (Å²) < 4.78 is 0. The Labute approximate surface area is 107 Å². The summed E-state index contributed by atoms with van der Waals surface area (Å²) in [5, 5.41) is 6.87. The minimum absolute atomic E-state index is 0.0303. The van der Waals surface area contributed by atoms with Crippen LogP contribution in [0.1, 0.15) is 18.9 Å². The van der Waals surface area contributed by atoms with E-state index in [9.17, 15) is 4.79 Å². The van der Waals surface area contributed by atoms with Gasteiger partial charge in [0, 0.05) is 11.6 Å². The minimum Gasteiger partial charge on any atom is -0.351 e. The monoisotopic (exact) mass is 252 g/mol. The lowest BCUT2D eigenvalue weighted by atomic mass is 10.1. The highest BCUT2D eigenvalue weighted by atomic mass is 35.5. The van der Waals surface area contributed by atoms with Crippen LogP contribution in [0.15, 0.2) is 24.3 Å². The van der Waals surface area contributed by atoms with Crippen LogP contribution in [0.2, 0.25) is 5.02 Å². The van der Waals surface area contributed by atoms with Crippen LogP contribution in [0.4, 0.5) is 0 Å². The molecule has 1 amide bonds. The molecular weight excluding hydrogens is 236 g/mol. The van der Waals surface area contributed by atoms with Crippen molar-refractivity contribution in [3.05, 3.63) is 34.9 Å². The van der Waals surface area contributed by atoms with E-state index in [0.717, 1.165) is 18.5 Å². The fourth-order valence-corrected chi connectivity index (χ4v) is 2.15. The number of rotatable bonds is 3. The van der Waals surface area contributed by atoms with Gasteiger partial charge in [-0.25, -0.2) is 0 Å². The second-order valence-electron chi connectivity index (χ2n) is 4.65. The third-order valence-corrected chi connectivity index (χ3v) is 3.30. The van der Waals surface area contributed by atoms with Crippen molar-refractivity contribution in [3.8, 4) is 0 Å². The van der Waals surface area contributed by atoms with Gasteiger partial charge in [0.25, 0.3) is 0 Å². The molecule has 2 N–H and O–H groups in total. The smallest absolute Gasteiger partial charge is 0.237 e. The predicted molar refractivity (Wildman–Crippen MR) is 68.9 cm³/mol. The molecule has 0 unspecified atom stereocenters. The van der Waals surface area contributed by atoms with E-state index in [1.165, 1.54) is 0 Å². The van der Waals surface area contributed by atoms with Crippen LogP contribution in [-0.4, -0.2) is 18.5 Å². The number of carbonyl (C=O) groups is 1. The molecular formula is C13H17ClN2O. The van der Waals surface area contributed by atoms with Gasteiger partial charge in [-0.05, 0) is 36.6 Å². The summed E-state index contributed by atoms with van der Waals surface area (Å²) >= 11 is 5.80. The molecule has 0 bridgehead atoms. The van der Waals surface area contributed by atoms with Crippen molar-refractivity contribution in [2.24, 2.45) is 5.92 Å². The maximum absolute atomic E-state index is 11.8. The Balaban J connectivity index is 1.82. The Morgan fingerprint density at radius 1 is 1.47 bits per heavy atom. The molecule has 92 valence electrons. The van der Waals surface area contributed by atoms with E-state index < -0.39 is 0 Å². The molecule has 2 atom stereocenters. The maximum atomic E-state index is 11.8. The molecule has 4 heteroatoms. The zero-order valence-electron chi connectivity index (χ0n) is 9.87. The molecule has 1 saturated heterocycles. The van der Waals surface area contributed by atoms with E-state index >= 15 is 0 Å². The van der Waals surface area contributed by atoms with Crippen molar-refractivity contribution >= 4 is 17.5 Å². The van der Waals surface area contributed by atoms with Gasteiger partial charge in [-0.2, -0.15) is 0 Å². The highest BCUT2D eigenvalue weighted by Crippen LogP contribution is 2.13. The number of nitrogens with one attached hydrogen (secondary N) is 2. The molecule has 2 rings (SSSR count). The first-order valence-corrected chi connectivity index (χ1v) is 6.28. The molecule has 0 aromatic heterocycles. The fraction of sp³-hybridized carbons (Fsp3) is 0.462. The summed E-state index contributed by atoms with van der Waals surface area (Å²) in [6, 6.07) is 7.48. The van der Waals surface area contributed by atoms with Crippen LogP contribution in [0, 0.1) is 5.92 Å². The van der Waals surface area contributed by atoms with Crippen molar-refractivity contribution in [2.45, 2.75) is 25.9 Å². The third-order valence-electron chi connectivity index (χ3n) is 3.05. The van der Waals surface area contributed by atoms with Crippen molar-refractivity contribution in [1.82, 2.24) is 10.6 Å².